The molecule has 0 aliphatic heterocycles. The lowest BCUT2D eigenvalue weighted by Crippen LogP contribution is -2.47. The lowest BCUT2D eigenvalue weighted by molar-refractivity contribution is 0.692. The van der Waals surface area contributed by atoms with Gasteiger partial charge in [-0.3, -0.25) is 0 Å². The van der Waals surface area contributed by atoms with Crippen molar-refractivity contribution in [3.05, 3.63) is 27.5 Å². The van der Waals surface area contributed by atoms with E-state index in [4.69, 9.17) is 12.2 Å². The number of aryl methyl sites for hydroxylation is 2. The van der Waals surface area contributed by atoms with Crippen molar-refractivity contribution < 1.29 is 0 Å². The molecule has 0 unspecified atom stereocenters. The quantitative estimate of drug-likeness (QED) is 0.556. The van der Waals surface area contributed by atoms with E-state index >= 15 is 0 Å². The van der Waals surface area contributed by atoms with Crippen LogP contribution >= 0.6 is 12.2 Å². The van der Waals surface area contributed by atoms with Crippen LogP contribution in [0.25, 0.3) is 0 Å². The average molecular weight is 278 g/mol. The molecular weight excluding hydrogens is 256 g/mol. The van der Waals surface area contributed by atoms with E-state index in [0.29, 0.717) is 10.2 Å². The molecule has 1 aromatic heterocycles. The van der Waals surface area contributed by atoms with Gasteiger partial charge >= 0.3 is 0 Å². The Morgan fingerprint density at radius 2 is 1.78 bits per heavy atom. The summed E-state index contributed by atoms with van der Waals surface area (Å²) in [7, 11) is -1.78. The van der Waals surface area contributed by atoms with Gasteiger partial charge < -0.3 is 4.23 Å². The summed E-state index contributed by atoms with van der Waals surface area (Å²) >= 11 is 5.56. The maximum atomic E-state index is 9.27. The van der Waals surface area contributed by atoms with Crippen molar-refractivity contribution in [3.8, 4) is 6.07 Å². The highest BCUT2D eigenvalue weighted by atomic mass is 32.1. The molecule has 0 saturated heterocycles. The molecule has 0 spiro atoms. The smallest absolute Gasteiger partial charge is 0.162 e. The molecule has 1 rings (SSSR count). The summed E-state index contributed by atoms with van der Waals surface area (Å²) in [5.41, 5.74) is 2.80. The van der Waals surface area contributed by atoms with Gasteiger partial charge in [-0.25, -0.2) is 0 Å². The summed E-state index contributed by atoms with van der Waals surface area (Å²) in [5.74, 6) is 0. The number of aromatic nitrogens is 1. The molecule has 0 N–H and O–H groups in total. The molecule has 0 amide bonds. The van der Waals surface area contributed by atoms with Gasteiger partial charge in [0.05, 0.1) is 5.56 Å². The van der Waals surface area contributed by atoms with Crippen LogP contribution in [0, 0.1) is 29.8 Å². The Kier molecular flexibility index (Phi) is 3.90. The maximum Gasteiger partial charge on any atom is 0.162 e. The molecule has 2 nitrogen and oxygen atoms in total. The molecule has 0 aliphatic carbocycles. The standard InChI is InChI=1S/C14H22N2SSi/c1-10-8-11(2)16(13(17)12(10)9-15)18(6,7)14(3,4)5/h8H,1-7H3. The van der Waals surface area contributed by atoms with Gasteiger partial charge in [0.25, 0.3) is 0 Å². The first-order chi connectivity index (χ1) is 8.04. The normalized spacial score (nSPS) is 12.3. The topological polar surface area (TPSA) is 28.7 Å². The van der Waals surface area contributed by atoms with E-state index in [1.54, 1.807) is 0 Å². The highest BCUT2D eigenvalue weighted by molar-refractivity contribution is 7.71. The molecule has 0 atom stereocenters. The predicted molar refractivity (Wildman–Crippen MR) is 82.1 cm³/mol. The van der Waals surface area contributed by atoms with Crippen LogP contribution in [-0.4, -0.2) is 12.5 Å². The van der Waals surface area contributed by atoms with Crippen LogP contribution in [0.5, 0.6) is 0 Å². The largest absolute Gasteiger partial charge is 0.362 e. The first-order valence-electron chi connectivity index (χ1n) is 6.18. The minimum atomic E-state index is -1.78. The molecule has 0 saturated carbocycles. The second-order valence-corrected chi connectivity index (χ2v) is 11.9. The third-order valence-corrected chi connectivity index (χ3v) is 10.0. The van der Waals surface area contributed by atoms with E-state index in [-0.39, 0.29) is 5.04 Å². The first-order valence-corrected chi connectivity index (χ1v) is 9.53. The van der Waals surface area contributed by atoms with Gasteiger partial charge in [-0.1, -0.05) is 46.1 Å². The van der Waals surface area contributed by atoms with Crippen LogP contribution in [0.4, 0.5) is 0 Å². The summed E-state index contributed by atoms with van der Waals surface area (Å²) in [6.45, 7) is 15.4. The summed E-state index contributed by atoms with van der Waals surface area (Å²) in [6, 6.07) is 4.33. The van der Waals surface area contributed by atoms with Crippen LogP contribution in [-0.2, 0) is 0 Å². The van der Waals surface area contributed by atoms with Crippen molar-refractivity contribution in [3.63, 3.8) is 0 Å². The lowest BCUT2D eigenvalue weighted by Gasteiger charge is -2.40. The van der Waals surface area contributed by atoms with Crippen LogP contribution in [0.15, 0.2) is 6.07 Å². The Balaban J connectivity index is 3.74. The van der Waals surface area contributed by atoms with Gasteiger partial charge in [-0.2, -0.15) is 5.26 Å². The fourth-order valence-corrected chi connectivity index (χ4v) is 5.33. The number of pyridine rings is 1. The minimum Gasteiger partial charge on any atom is -0.362 e. The van der Waals surface area contributed by atoms with Gasteiger partial charge in [0.2, 0.25) is 0 Å². The van der Waals surface area contributed by atoms with Crippen molar-refractivity contribution in [1.29, 1.82) is 5.26 Å². The number of hydrogen-bond donors (Lipinski definition) is 0. The zero-order valence-corrected chi connectivity index (χ0v) is 14.2. The third kappa shape index (κ3) is 2.30. The van der Waals surface area contributed by atoms with Crippen molar-refractivity contribution in [1.82, 2.24) is 4.23 Å². The number of rotatable bonds is 1. The van der Waals surface area contributed by atoms with E-state index < -0.39 is 8.24 Å². The van der Waals surface area contributed by atoms with Crippen LogP contribution < -0.4 is 0 Å². The SMILES string of the molecule is Cc1cc(C)n([Si](C)(C)C(C)(C)C)c(=S)c1C#N. The molecule has 0 aliphatic rings. The zero-order chi connectivity index (χ0) is 14.3. The van der Waals surface area contributed by atoms with E-state index in [0.717, 1.165) is 5.56 Å². The van der Waals surface area contributed by atoms with Crippen LogP contribution in [0.1, 0.15) is 37.6 Å². The molecule has 0 radical (unpaired) electrons. The lowest BCUT2D eigenvalue weighted by atomic mass is 10.1. The molecule has 0 aromatic carbocycles. The van der Waals surface area contributed by atoms with Gasteiger partial charge in [-0.15, -0.1) is 0 Å². The van der Waals surface area contributed by atoms with E-state index in [1.165, 1.54) is 5.69 Å². The fraction of sp³-hybridized carbons (Fsp3) is 0.571. The Hall–Kier alpha value is -0.923. The fourth-order valence-electron chi connectivity index (χ4n) is 2.06. The van der Waals surface area contributed by atoms with Crippen molar-refractivity contribution in [2.24, 2.45) is 0 Å². The summed E-state index contributed by atoms with van der Waals surface area (Å²) < 4.78 is 2.97. The minimum absolute atomic E-state index is 0.192. The second-order valence-electron chi connectivity index (χ2n) is 6.41. The Morgan fingerprint density at radius 1 is 1.28 bits per heavy atom. The predicted octanol–water partition coefficient (Wildman–Crippen LogP) is 4.56. The van der Waals surface area contributed by atoms with Gasteiger partial charge in [-0.05, 0) is 30.5 Å². The van der Waals surface area contributed by atoms with E-state index in [2.05, 4.69) is 57.2 Å². The average Bonchev–Trinajstić information content (AvgIpc) is 2.14. The molecule has 0 fully saturated rings. The molecule has 98 valence electrons. The molecule has 0 bridgehead atoms. The number of nitriles is 1. The molecular formula is C14H22N2SSi. The van der Waals surface area contributed by atoms with E-state index in [1.807, 2.05) is 6.92 Å². The highest BCUT2D eigenvalue weighted by Gasteiger charge is 2.38. The van der Waals surface area contributed by atoms with Crippen LogP contribution in [0.2, 0.25) is 18.1 Å². The third-order valence-electron chi connectivity index (χ3n) is 4.10. The zero-order valence-electron chi connectivity index (χ0n) is 12.4. The highest BCUT2D eigenvalue weighted by Crippen LogP contribution is 2.38. The maximum absolute atomic E-state index is 9.27. The van der Waals surface area contributed by atoms with E-state index in [9.17, 15) is 5.26 Å². The summed E-state index contributed by atoms with van der Waals surface area (Å²) in [6.07, 6.45) is 0. The monoisotopic (exact) mass is 278 g/mol. The van der Waals surface area contributed by atoms with Crippen LogP contribution in [0.3, 0.4) is 0 Å². The number of hydrogen-bond acceptors (Lipinski definition) is 2. The van der Waals surface area contributed by atoms with Crippen molar-refractivity contribution in [2.45, 2.75) is 52.8 Å². The van der Waals surface area contributed by atoms with Gasteiger partial charge in [0.15, 0.2) is 8.24 Å². The first kappa shape index (κ1) is 15.1. The second kappa shape index (κ2) is 4.64. The van der Waals surface area contributed by atoms with Crippen molar-refractivity contribution >= 4 is 20.5 Å². The molecule has 1 aromatic rings. The molecule has 4 heteroatoms. The molecule has 18 heavy (non-hydrogen) atoms. The number of nitrogens with zero attached hydrogens (tertiary/aromatic N) is 2. The Bertz CT molecular complexity index is 571. The van der Waals surface area contributed by atoms with Gasteiger partial charge in [0.1, 0.15) is 10.7 Å². The van der Waals surface area contributed by atoms with Gasteiger partial charge in [0, 0.05) is 5.69 Å². The Labute approximate surface area is 116 Å². The molecule has 1 heterocycles. The Morgan fingerprint density at radius 3 is 2.17 bits per heavy atom. The van der Waals surface area contributed by atoms with Crippen molar-refractivity contribution in [2.75, 3.05) is 0 Å². The summed E-state index contributed by atoms with van der Waals surface area (Å²) in [5, 5.41) is 9.46. The summed E-state index contributed by atoms with van der Waals surface area (Å²) in [4.78, 5) is 0.